The Morgan fingerprint density at radius 3 is 2.43 bits per heavy atom. The first-order valence-corrected chi connectivity index (χ1v) is 12.5. The van der Waals surface area contributed by atoms with Gasteiger partial charge in [0.05, 0.1) is 18.6 Å². The molecule has 0 aromatic rings. The van der Waals surface area contributed by atoms with Crippen LogP contribution in [-0.4, -0.2) is 31.1 Å². The van der Waals surface area contributed by atoms with Gasteiger partial charge in [-0.05, 0) is 57.8 Å². The molecule has 2 saturated carbocycles. The van der Waals surface area contributed by atoms with E-state index in [1.165, 1.54) is 38.5 Å². The van der Waals surface area contributed by atoms with Crippen molar-refractivity contribution in [1.29, 1.82) is 5.26 Å². The average Bonchev–Trinajstić information content (AvgIpc) is 2.80. The Balaban J connectivity index is 1.32. The molecule has 5 nitrogen and oxygen atoms in total. The van der Waals surface area contributed by atoms with Crippen molar-refractivity contribution in [2.45, 2.75) is 103 Å². The number of carbonyl (C=O) groups is 1. The van der Waals surface area contributed by atoms with Crippen molar-refractivity contribution >= 4 is 11.9 Å². The number of hydrogen-bond donors (Lipinski definition) is 0. The lowest BCUT2D eigenvalue weighted by atomic mass is 9.81. The highest BCUT2D eigenvalue weighted by molar-refractivity contribution is 5.80. The fourth-order valence-electron chi connectivity index (χ4n) is 5.13. The summed E-state index contributed by atoms with van der Waals surface area (Å²) in [6.07, 6.45) is 15.0. The fraction of sp³-hybridized carbons (Fsp3) is 0.880. The molecule has 0 amide bonds. The molecule has 0 radical (unpaired) electrons. The summed E-state index contributed by atoms with van der Waals surface area (Å²) in [4.78, 5) is 17.3. The third-order valence-corrected chi connectivity index (χ3v) is 7.24. The Bertz CT molecular complexity index is 596. The molecule has 0 aromatic carbocycles. The minimum Gasteiger partial charge on any atom is -0.480 e. The largest absolute Gasteiger partial charge is 0.480 e. The van der Waals surface area contributed by atoms with Gasteiger partial charge in [-0.2, -0.15) is 5.26 Å². The van der Waals surface area contributed by atoms with Gasteiger partial charge in [-0.3, -0.25) is 9.79 Å². The van der Waals surface area contributed by atoms with Crippen molar-refractivity contribution < 1.29 is 14.3 Å². The van der Waals surface area contributed by atoms with Gasteiger partial charge < -0.3 is 9.47 Å². The molecule has 3 rings (SSSR count). The Labute approximate surface area is 182 Å². The monoisotopic (exact) mass is 416 g/mol. The van der Waals surface area contributed by atoms with E-state index in [2.05, 4.69) is 13.0 Å². The fourth-order valence-corrected chi connectivity index (χ4v) is 5.13. The first kappa shape index (κ1) is 23.1. The zero-order chi connectivity index (χ0) is 21.2. The van der Waals surface area contributed by atoms with Crippen LogP contribution in [0.15, 0.2) is 4.99 Å². The summed E-state index contributed by atoms with van der Waals surface area (Å²) in [5.41, 5.74) is 0. The Morgan fingerprint density at radius 1 is 1.07 bits per heavy atom. The van der Waals surface area contributed by atoms with Crippen LogP contribution in [0, 0.1) is 35.0 Å². The van der Waals surface area contributed by atoms with Gasteiger partial charge in [0.1, 0.15) is 6.10 Å². The number of nitrogens with zero attached hydrogens (tertiary/aromatic N) is 2. The summed E-state index contributed by atoms with van der Waals surface area (Å²) >= 11 is 0. The summed E-state index contributed by atoms with van der Waals surface area (Å²) in [7, 11) is 0. The smallest absolute Gasteiger partial charge is 0.309 e. The quantitative estimate of drug-likeness (QED) is 0.350. The number of aliphatic imine (C=N–C) groups is 1. The van der Waals surface area contributed by atoms with Crippen LogP contribution in [0.25, 0.3) is 0 Å². The van der Waals surface area contributed by atoms with Crippen LogP contribution >= 0.6 is 0 Å². The summed E-state index contributed by atoms with van der Waals surface area (Å²) < 4.78 is 11.8. The molecule has 0 spiro atoms. The average molecular weight is 417 g/mol. The van der Waals surface area contributed by atoms with E-state index in [4.69, 9.17) is 19.7 Å². The molecular weight excluding hydrogens is 376 g/mol. The molecule has 0 bridgehead atoms. The van der Waals surface area contributed by atoms with Crippen LogP contribution in [0.5, 0.6) is 0 Å². The lowest BCUT2D eigenvalue weighted by Crippen LogP contribution is -2.34. The van der Waals surface area contributed by atoms with Gasteiger partial charge in [0.2, 0.25) is 0 Å². The molecule has 1 atom stereocenters. The Hall–Kier alpha value is -1.57. The van der Waals surface area contributed by atoms with E-state index in [0.29, 0.717) is 11.8 Å². The van der Waals surface area contributed by atoms with Crippen molar-refractivity contribution in [2.24, 2.45) is 28.7 Å². The molecule has 1 unspecified atom stereocenters. The predicted octanol–water partition coefficient (Wildman–Crippen LogP) is 5.82. The van der Waals surface area contributed by atoms with Crippen molar-refractivity contribution in [2.75, 3.05) is 13.2 Å². The SMILES string of the molecule is CCCCCCCC1CN=C(C2CCC(C(=O)OC3CCC(C#N)CC3)CC2)OC1. The predicted molar refractivity (Wildman–Crippen MR) is 118 cm³/mol. The maximum atomic E-state index is 12.6. The lowest BCUT2D eigenvalue weighted by Gasteiger charge is -2.32. The first-order valence-electron chi connectivity index (χ1n) is 12.5. The highest BCUT2D eigenvalue weighted by atomic mass is 16.5. The molecule has 168 valence electrons. The number of esters is 1. The van der Waals surface area contributed by atoms with Gasteiger partial charge in [-0.25, -0.2) is 0 Å². The van der Waals surface area contributed by atoms with Crippen LogP contribution < -0.4 is 0 Å². The summed E-state index contributed by atoms with van der Waals surface area (Å²) in [6, 6.07) is 2.33. The van der Waals surface area contributed by atoms with Crippen molar-refractivity contribution in [3.8, 4) is 6.07 Å². The van der Waals surface area contributed by atoms with E-state index >= 15 is 0 Å². The molecule has 0 N–H and O–H groups in total. The Morgan fingerprint density at radius 2 is 1.80 bits per heavy atom. The van der Waals surface area contributed by atoms with Crippen LogP contribution in [0.1, 0.15) is 96.8 Å². The second-order valence-electron chi connectivity index (χ2n) is 9.65. The molecule has 0 aromatic heterocycles. The zero-order valence-electron chi connectivity index (χ0n) is 18.8. The van der Waals surface area contributed by atoms with Gasteiger partial charge in [-0.1, -0.05) is 39.0 Å². The molecule has 1 aliphatic heterocycles. The molecule has 5 heteroatoms. The van der Waals surface area contributed by atoms with Crippen LogP contribution in [-0.2, 0) is 14.3 Å². The molecular formula is C25H40N2O3. The normalized spacial score (nSPS) is 31.9. The van der Waals surface area contributed by atoms with Crippen LogP contribution in [0.4, 0.5) is 0 Å². The van der Waals surface area contributed by atoms with Crippen molar-refractivity contribution in [3.63, 3.8) is 0 Å². The molecule has 3 aliphatic rings. The van der Waals surface area contributed by atoms with E-state index in [9.17, 15) is 4.79 Å². The second-order valence-corrected chi connectivity index (χ2v) is 9.65. The number of rotatable bonds is 9. The maximum absolute atomic E-state index is 12.6. The van der Waals surface area contributed by atoms with Crippen molar-refractivity contribution in [3.05, 3.63) is 0 Å². The minimum atomic E-state index is -0.0245. The van der Waals surface area contributed by atoms with E-state index in [0.717, 1.165) is 70.4 Å². The van der Waals surface area contributed by atoms with Gasteiger partial charge >= 0.3 is 5.97 Å². The third-order valence-electron chi connectivity index (χ3n) is 7.24. The number of hydrogen-bond acceptors (Lipinski definition) is 5. The summed E-state index contributed by atoms with van der Waals surface area (Å²) in [5.74, 6) is 2.05. The molecule has 2 aliphatic carbocycles. The minimum absolute atomic E-state index is 0.0183. The number of carbonyl (C=O) groups excluding carboxylic acids is 1. The molecule has 2 fully saturated rings. The van der Waals surface area contributed by atoms with E-state index in [1.54, 1.807) is 0 Å². The van der Waals surface area contributed by atoms with E-state index in [1.807, 2.05) is 0 Å². The first-order chi connectivity index (χ1) is 14.7. The second kappa shape index (κ2) is 12.3. The third kappa shape index (κ3) is 7.00. The van der Waals surface area contributed by atoms with Crippen LogP contribution in [0.2, 0.25) is 0 Å². The van der Waals surface area contributed by atoms with Gasteiger partial charge in [0.25, 0.3) is 0 Å². The van der Waals surface area contributed by atoms with Gasteiger partial charge in [0.15, 0.2) is 5.90 Å². The lowest BCUT2D eigenvalue weighted by molar-refractivity contribution is -0.157. The zero-order valence-corrected chi connectivity index (χ0v) is 18.8. The maximum Gasteiger partial charge on any atom is 0.309 e. The van der Waals surface area contributed by atoms with Crippen LogP contribution in [0.3, 0.4) is 0 Å². The summed E-state index contributed by atoms with van der Waals surface area (Å²) in [6.45, 7) is 3.99. The molecule has 30 heavy (non-hydrogen) atoms. The molecule has 0 saturated heterocycles. The van der Waals surface area contributed by atoms with E-state index in [-0.39, 0.29) is 23.9 Å². The van der Waals surface area contributed by atoms with Crippen molar-refractivity contribution in [1.82, 2.24) is 0 Å². The number of unbranched alkanes of at least 4 members (excludes halogenated alkanes) is 4. The Kier molecular flexibility index (Phi) is 9.49. The number of nitriles is 1. The van der Waals surface area contributed by atoms with Gasteiger partial charge in [-0.15, -0.1) is 0 Å². The van der Waals surface area contributed by atoms with E-state index < -0.39 is 0 Å². The van der Waals surface area contributed by atoms with Gasteiger partial charge in [0, 0.05) is 24.3 Å². The molecule has 1 heterocycles. The number of ether oxygens (including phenoxy) is 2. The topological polar surface area (TPSA) is 71.7 Å². The summed E-state index contributed by atoms with van der Waals surface area (Å²) in [5, 5.41) is 9.00. The highest BCUT2D eigenvalue weighted by Crippen LogP contribution is 2.33. The highest BCUT2D eigenvalue weighted by Gasteiger charge is 2.33. The standard InChI is InChI=1S/C25H40N2O3/c1-2-3-4-5-6-7-20-17-27-24(29-18-20)21-10-12-22(13-11-21)25(28)30-23-14-8-19(16-26)9-15-23/h19-23H,2-15,17-18H2,1H3.